The summed E-state index contributed by atoms with van der Waals surface area (Å²) in [6, 6.07) is 10.5. The van der Waals surface area contributed by atoms with Crippen LogP contribution >= 0.6 is 0 Å². The number of pyridine rings is 1. The van der Waals surface area contributed by atoms with Crippen molar-refractivity contribution >= 4 is 33.4 Å². The zero-order valence-corrected chi connectivity index (χ0v) is 25.0. The summed E-state index contributed by atoms with van der Waals surface area (Å²) in [4.78, 5) is 34.6. The molecule has 3 atom stereocenters. The van der Waals surface area contributed by atoms with Gasteiger partial charge in [0.2, 0.25) is 6.54 Å². The van der Waals surface area contributed by atoms with Crippen molar-refractivity contribution in [2.24, 2.45) is 0 Å². The molecule has 0 spiro atoms. The third-order valence-electron chi connectivity index (χ3n) is 8.63. The number of carbonyl (C=O) groups is 1. The van der Waals surface area contributed by atoms with Crippen molar-refractivity contribution < 1.29 is 22.7 Å². The first-order valence-electron chi connectivity index (χ1n) is 14.7. The predicted octanol–water partition coefficient (Wildman–Crippen LogP) is 5.13. The summed E-state index contributed by atoms with van der Waals surface area (Å²) in [5.74, 6) is -2.31. The minimum absolute atomic E-state index is 0.00824. The van der Waals surface area contributed by atoms with Crippen LogP contribution in [0.1, 0.15) is 12.0 Å². The average Bonchev–Trinajstić information content (AvgIpc) is 3.36. The van der Waals surface area contributed by atoms with Crippen molar-refractivity contribution in [3.8, 4) is 17.3 Å². The van der Waals surface area contributed by atoms with Crippen LogP contribution in [-0.2, 0) is 4.79 Å². The summed E-state index contributed by atoms with van der Waals surface area (Å²) in [5.41, 5.74) is 1.70. The van der Waals surface area contributed by atoms with E-state index in [1.165, 1.54) is 11.1 Å². The molecule has 0 bridgehead atoms. The number of anilines is 1. The van der Waals surface area contributed by atoms with Crippen LogP contribution in [0.15, 0.2) is 55.0 Å². The van der Waals surface area contributed by atoms with Gasteiger partial charge < -0.3 is 19.4 Å². The Balaban J connectivity index is 1.45. The Morgan fingerprint density at radius 2 is 1.93 bits per heavy atom. The molecule has 45 heavy (non-hydrogen) atoms. The lowest BCUT2D eigenvalue weighted by Crippen LogP contribution is -2.56. The minimum atomic E-state index is -1.10. The van der Waals surface area contributed by atoms with Crippen LogP contribution in [0, 0.1) is 19.3 Å². The molecule has 4 aromatic rings. The van der Waals surface area contributed by atoms with Gasteiger partial charge in [0, 0.05) is 44.0 Å². The van der Waals surface area contributed by atoms with Crippen molar-refractivity contribution in [2.75, 3.05) is 51.3 Å². The number of amides is 1. The Morgan fingerprint density at radius 1 is 1.16 bits per heavy atom. The van der Waals surface area contributed by atoms with Gasteiger partial charge in [0.05, 0.1) is 5.39 Å². The molecule has 0 radical (unpaired) electrons. The highest BCUT2D eigenvalue weighted by atomic mass is 19.1. The maximum atomic E-state index is 16.6. The fourth-order valence-corrected chi connectivity index (χ4v) is 6.35. The number of alkyl halides is 1. The molecule has 0 N–H and O–H groups in total. The maximum Gasteiger partial charge on any atom is 0.319 e. The summed E-state index contributed by atoms with van der Waals surface area (Å²) in [6.45, 7) is 13.3. The van der Waals surface area contributed by atoms with Gasteiger partial charge >= 0.3 is 6.01 Å². The summed E-state index contributed by atoms with van der Waals surface area (Å²) in [7, 11) is 1.81. The quantitative estimate of drug-likeness (QED) is 0.211. The summed E-state index contributed by atoms with van der Waals surface area (Å²) in [6.07, 6.45) is 0.854. The molecule has 0 aliphatic carbocycles. The second kappa shape index (κ2) is 12.3. The molecule has 0 saturated carbocycles. The fraction of sp³-hybridized carbons (Fsp3) is 0.364. The van der Waals surface area contributed by atoms with Crippen LogP contribution in [-0.4, -0.2) is 95.3 Å². The number of likely N-dealkylation sites (tertiary alicyclic amines) is 1. The number of carbonyl (C=O) groups excluding carboxylic acids is 1. The number of benzene rings is 2. The van der Waals surface area contributed by atoms with Crippen molar-refractivity contribution in [3.05, 3.63) is 77.8 Å². The molecular weight excluding hydrogens is 583 g/mol. The molecule has 0 unspecified atom stereocenters. The van der Waals surface area contributed by atoms with Crippen LogP contribution in [0.4, 0.5) is 19.0 Å². The highest BCUT2D eigenvalue weighted by Crippen LogP contribution is 2.36. The number of aromatic nitrogens is 3. The lowest BCUT2D eigenvalue weighted by molar-refractivity contribution is -0.131. The van der Waals surface area contributed by atoms with Gasteiger partial charge in [-0.3, -0.25) is 14.7 Å². The Hall–Kier alpha value is -4.76. The molecule has 232 valence electrons. The Bertz CT molecular complexity index is 1840. The predicted molar refractivity (Wildman–Crippen MR) is 166 cm³/mol. The monoisotopic (exact) mass is 615 g/mol. The molecule has 2 aromatic carbocycles. The molecule has 6 rings (SSSR count). The first kappa shape index (κ1) is 30.3. The maximum absolute atomic E-state index is 16.6. The third-order valence-corrected chi connectivity index (χ3v) is 8.63. The van der Waals surface area contributed by atoms with E-state index in [1.807, 2.05) is 55.3 Å². The molecule has 1 amide bonds. The Kier molecular flexibility index (Phi) is 8.29. The molecular formula is C33H32F3N7O2. The van der Waals surface area contributed by atoms with E-state index in [9.17, 15) is 13.6 Å². The lowest BCUT2D eigenvalue weighted by Gasteiger charge is -2.39. The van der Waals surface area contributed by atoms with Crippen LogP contribution in [0.5, 0.6) is 6.01 Å². The number of fused-ring (bicyclic) bond motifs is 2. The molecule has 9 nitrogen and oxygen atoms in total. The van der Waals surface area contributed by atoms with Gasteiger partial charge in [0.15, 0.2) is 11.6 Å². The number of ether oxygens (including phenoxy) is 1. The number of hydrogen-bond acceptors (Lipinski definition) is 7. The van der Waals surface area contributed by atoms with Gasteiger partial charge in [0.1, 0.15) is 35.8 Å². The number of rotatable bonds is 7. The summed E-state index contributed by atoms with van der Waals surface area (Å²) >= 11 is 0. The largest absolute Gasteiger partial charge is 0.462 e. The average molecular weight is 616 g/mol. The van der Waals surface area contributed by atoms with E-state index >= 15 is 4.39 Å². The molecule has 4 heterocycles. The smallest absolute Gasteiger partial charge is 0.319 e. The molecule has 12 heteroatoms. The van der Waals surface area contributed by atoms with Crippen LogP contribution < -0.4 is 9.64 Å². The molecule has 2 aliphatic rings. The number of nitrogens with zero attached hydrogens (tertiary/aromatic N) is 7. The van der Waals surface area contributed by atoms with Gasteiger partial charge in [-0.15, -0.1) is 0 Å². The van der Waals surface area contributed by atoms with E-state index in [0.717, 1.165) is 16.3 Å². The van der Waals surface area contributed by atoms with Gasteiger partial charge in [-0.25, -0.2) is 19.7 Å². The number of hydrogen-bond donors (Lipinski definition) is 0. The summed E-state index contributed by atoms with van der Waals surface area (Å²) in [5, 5.41) is 2.14. The summed E-state index contributed by atoms with van der Waals surface area (Å²) < 4.78 is 50.4. The lowest BCUT2D eigenvalue weighted by atomic mass is 9.97. The first-order valence-corrected chi connectivity index (χ1v) is 14.7. The van der Waals surface area contributed by atoms with E-state index in [2.05, 4.69) is 26.4 Å². The van der Waals surface area contributed by atoms with E-state index in [1.54, 1.807) is 4.90 Å². The highest BCUT2D eigenvalue weighted by molar-refractivity contribution is 6.00. The molecule has 2 fully saturated rings. The van der Waals surface area contributed by atoms with Crippen LogP contribution in [0.25, 0.3) is 37.8 Å². The van der Waals surface area contributed by atoms with Crippen molar-refractivity contribution in [3.63, 3.8) is 0 Å². The normalized spacial score (nSPS) is 20.5. The molecule has 2 aliphatic heterocycles. The molecule has 2 saturated heterocycles. The van der Waals surface area contributed by atoms with Crippen molar-refractivity contribution in [1.82, 2.24) is 24.8 Å². The SMILES string of the molecule is [C-]#[N+]C[C@H]1CN(c2nc(OC[C@@H]3C[C@@H](F)CN3C)nc3c(F)c(-c4cccc5cccc(C)c45)ncc23)CCN1C(=O)C(=C)F. The van der Waals surface area contributed by atoms with E-state index in [-0.39, 0.29) is 56.0 Å². The van der Waals surface area contributed by atoms with E-state index < -0.39 is 29.8 Å². The van der Waals surface area contributed by atoms with Crippen LogP contribution in [0.2, 0.25) is 0 Å². The van der Waals surface area contributed by atoms with Gasteiger partial charge in [0.25, 0.3) is 5.91 Å². The first-order chi connectivity index (χ1) is 21.7. The highest BCUT2D eigenvalue weighted by Gasteiger charge is 2.36. The second-order valence-electron chi connectivity index (χ2n) is 11.6. The van der Waals surface area contributed by atoms with Crippen LogP contribution in [0.3, 0.4) is 0 Å². The van der Waals surface area contributed by atoms with Gasteiger partial charge in [-0.05, 0) is 36.7 Å². The zero-order valence-electron chi connectivity index (χ0n) is 25.0. The number of piperazine rings is 1. The van der Waals surface area contributed by atoms with Gasteiger partial charge in [-0.1, -0.05) is 43.0 Å². The second-order valence-corrected chi connectivity index (χ2v) is 11.6. The van der Waals surface area contributed by atoms with E-state index in [4.69, 9.17) is 11.3 Å². The number of aryl methyl sites for hydroxylation is 1. The zero-order chi connectivity index (χ0) is 31.8. The number of halogens is 3. The van der Waals surface area contributed by atoms with E-state index in [0.29, 0.717) is 29.7 Å². The topological polar surface area (TPSA) is 79.1 Å². The third kappa shape index (κ3) is 5.76. The van der Waals surface area contributed by atoms with Crippen molar-refractivity contribution in [2.45, 2.75) is 31.6 Å². The van der Waals surface area contributed by atoms with Crippen molar-refractivity contribution in [1.29, 1.82) is 0 Å². The number of likely N-dealkylation sites (N-methyl/N-ethyl adjacent to an activating group) is 1. The Morgan fingerprint density at radius 3 is 2.64 bits per heavy atom. The fourth-order valence-electron chi connectivity index (χ4n) is 6.35. The van der Waals surface area contributed by atoms with Gasteiger partial charge in [-0.2, -0.15) is 9.97 Å². The molecule has 2 aromatic heterocycles. The minimum Gasteiger partial charge on any atom is -0.462 e. The standard InChI is InChI=1S/C33H32F3N7O2/c1-19-7-5-8-21-9-6-10-25(27(19)21)29-28(36)30-26(15-38-29)31(40-33(39-30)45-18-23-13-22(35)16-41(23)4)42-11-12-43(32(44)20(2)34)24(17-42)14-37-3/h5-10,15,22-24H,2,11-14,16-18H2,1,4H3/t22-,23+,24+/m1/s1. The Labute approximate surface area is 258 Å².